The molecule has 2 aliphatic rings. The first-order valence-corrected chi connectivity index (χ1v) is 8.52. The van der Waals surface area contributed by atoms with E-state index in [0.717, 1.165) is 32.5 Å². The number of likely N-dealkylation sites (tertiary alicyclic amines) is 1. The van der Waals surface area contributed by atoms with E-state index in [-0.39, 0.29) is 11.8 Å². The van der Waals surface area contributed by atoms with Gasteiger partial charge >= 0.3 is 5.97 Å². The number of hydrogen-bond acceptors (Lipinski definition) is 4. The fraction of sp³-hybridized carbons (Fsp3) is 0.579. The molecule has 1 aliphatic heterocycles. The van der Waals surface area contributed by atoms with Gasteiger partial charge in [-0.05, 0) is 50.3 Å². The van der Waals surface area contributed by atoms with E-state index in [2.05, 4.69) is 29.2 Å². The molecule has 0 atom stereocenters. The van der Waals surface area contributed by atoms with E-state index in [0.29, 0.717) is 25.2 Å². The summed E-state index contributed by atoms with van der Waals surface area (Å²) in [5.41, 5.74) is 0.556. The molecular formula is C19H25NO3. The minimum absolute atomic E-state index is 0.103. The maximum atomic E-state index is 12.5. The van der Waals surface area contributed by atoms with E-state index in [1.54, 1.807) is 0 Å². The first-order valence-electron chi connectivity index (χ1n) is 8.52. The highest BCUT2D eigenvalue weighted by Gasteiger charge is 2.57. The van der Waals surface area contributed by atoms with Gasteiger partial charge in [0.1, 0.15) is 11.2 Å². The first-order chi connectivity index (χ1) is 11.1. The van der Waals surface area contributed by atoms with Gasteiger partial charge in [-0.2, -0.15) is 0 Å². The number of nitrogens with zero attached hydrogens (tertiary/aromatic N) is 1. The summed E-state index contributed by atoms with van der Waals surface area (Å²) in [4.78, 5) is 26.7. The zero-order chi connectivity index (χ0) is 16.3. The van der Waals surface area contributed by atoms with Crippen LogP contribution in [0.2, 0.25) is 0 Å². The number of carbonyl (C=O) groups is 2. The van der Waals surface area contributed by atoms with Crippen molar-refractivity contribution in [1.82, 2.24) is 4.90 Å². The largest absolute Gasteiger partial charge is 0.468 e. The third-order valence-corrected chi connectivity index (χ3v) is 5.29. The molecule has 1 saturated heterocycles. The molecule has 0 N–H and O–H groups in total. The highest BCUT2D eigenvalue weighted by molar-refractivity contribution is 6.06. The SMILES string of the molecule is COC(=O)C1(C(=O)CC2CCN(Cc3ccccc3)CC2)CC1. The number of rotatable bonds is 6. The molecule has 1 aromatic carbocycles. The number of carbonyl (C=O) groups excluding carboxylic acids is 2. The molecule has 0 amide bonds. The fourth-order valence-electron chi connectivity index (χ4n) is 3.57. The quantitative estimate of drug-likeness (QED) is 0.598. The minimum Gasteiger partial charge on any atom is -0.468 e. The van der Waals surface area contributed by atoms with Gasteiger partial charge in [-0.15, -0.1) is 0 Å². The van der Waals surface area contributed by atoms with Gasteiger partial charge in [-0.25, -0.2) is 0 Å². The molecule has 0 aromatic heterocycles. The minimum atomic E-state index is -0.782. The summed E-state index contributed by atoms with van der Waals surface area (Å²) < 4.78 is 4.80. The summed E-state index contributed by atoms with van der Waals surface area (Å²) in [5, 5.41) is 0. The summed E-state index contributed by atoms with van der Waals surface area (Å²) in [7, 11) is 1.37. The fourth-order valence-corrected chi connectivity index (χ4v) is 3.57. The van der Waals surface area contributed by atoms with Crippen molar-refractivity contribution in [2.24, 2.45) is 11.3 Å². The monoisotopic (exact) mass is 315 g/mol. The molecule has 0 unspecified atom stereocenters. The predicted octanol–water partition coefficient (Wildman–Crippen LogP) is 2.81. The molecule has 1 aliphatic carbocycles. The van der Waals surface area contributed by atoms with Crippen molar-refractivity contribution >= 4 is 11.8 Å². The molecule has 124 valence electrons. The van der Waals surface area contributed by atoms with E-state index in [1.165, 1.54) is 12.7 Å². The van der Waals surface area contributed by atoms with Gasteiger partial charge in [0, 0.05) is 13.0 Å². The van der Waals surface area contributed by atoms with Crippen LogP contribution >= 0.6 is 0 Å². The van der Waals surface area contributed by atoms with Crippen LogP contribution in [0, 0.1) is 11.3 Å². The van der Waals surface area contributed by atoms with Crippen molar-refractivity contribution < 1.29 is 14.3 Å². The lowest BCUT2D eigenvalue weighted by Gasteiger charge is -2.32. The maximum Gasteiger partial charge on any atom is 0.319 e. The smallest absolute Gasteiger partial charge is 0.319 e. The summed E-state index contributed by atoms with van der Waals surface area (Å²) in [6.07, 6.45) is 3.96. The van der Waals surface area contributed by atoms with Gasteiger partial charge in [-0.1, -0.05) is 30.3 Å². The molecule has 1 aromatic rings. The van der Waals surface area contributed by atoms with Crippen LogP contribution in [0.1, 0.15) is 37.7 Å². The van der Waals surface area contributed by atoms with Gasteiger partial charge in [0.05, 0.1) is 7.11 Å². The molecule has 1 saturated carbocycles. The lowest BCUT2D eigenvalue weighted by Crippen LogP contribution is -2.35. The highest BCUT2D eigenvalue weighted by Crippen LogP contribution is 2.49. The normalized spacial score (nSPS) is 20.9. The van der Waals surface area contributed by atoms with Gasteiger partial charge in [-0.3, -0.25) is 14.5 Å². The molecule has 1 heterocycles. The Balaban J connectivity index is 1.46. The Bertz CT molecular complexity index is 557. The maximum absolute atomic E-state index is 12.5. The highest BCUT2D eigenvalue weighted by atomic mass is 16.5. The molecule has 2 fully saturated rings. The van der Waals surface area contributed by atoms with Crippen LogP contribution in [-0.4, -0.2) is 36.9 Å². The molecule has 0 radical (unpaired) electrons. The number of Topliss-reactive ketones (excluding diaryl/α,β-unsaturated/α-hetero) is 1. The first kappa shape index (κ1) is 16.2. The van der Waals surface area contributed by atoms with Crippen molar-refractivity contribution in [2.75, 3.05) is 20.2 Å². The van der Waals surface area contributed by atoms with Crippen molar-refractivity contribution in [3.8, 4) is 0 Å². The number of esters is 1. The second-order valence-corrected chi connectivity index (χ2v) is 6.91. The van der Waals surface area contributed by atoms with E-state index < -0.39 is 5.41 Å². The Hall–Kier alpha value is -1.68. The number of hydrogen-bond donors (Lipinski definition) is 0. The zero-order valence-corrected chi connectivity index (χ0v) is 13.8. The molecular weight excluding hydrogens is 290 g/mol. The number of ether oxygens (including phenoxy) is 1. The second-order valence-electron chi connectivity index (χ2n) is 6.91. The van der Waals surface area contributed by atoms with E-state index in [1.807, 2.05) is 6.07 Å². The predicted molar refractivity (Wildman–Crippen MR) is 87.8 cm³/mol. The van der Waals surface area contributed by atoms with Gasteiger partial charge < -0.3 is 4.74 Å². The van der Waals surface area contributed by atoms with Crippen molar-refractivity contribution in [3.63, 3.8) is 0 Å². The van der Waals surface area contributed by atoms with Crippen LogP contribution in [0.15, 0.2) is 30.3 Å². The molecule has 3 rings (SSSR count). The van der Waals surface area contributed by atoms with Crippen LogP contribution in [0.3, 0.4) is 0 Å². The van der Waals surface area contributed by atoms with Crippen molar-refractivity contribution in [3.05, 3.63) is 35.9 Å². The summed E-state index contributed by atoms with van der Waals surface area (Å²) >= 11 is 0. The summed E-state index contributed by atoms with van der Waals surface area (Å²) in [6, 6.07) is 10.5. The second kappa shape index (κ2) is 6.83. The van der Waals surface area contributed by atoms with Gasteiger partial charge in [0.15, 0.2) is 0 Å². The van der Waals surface area contributed by atoms with Crippen LogP contribution in [-0.2, 0) is 20.9 Å². The number of ketones is 1. The zero-order valence-electron chi connectivity index (χ0n) is 13.8. The molecule has 4 heteroatoms. The number of piperidine rings is 1. The van der Waals surface area contributed by atoms with Crippen LogP contribution in [0.25, 0.3) is 0 Å². The lowest BCUT2D eigenvalue weighted by molar-refractivity contribution is -0.151. The molecule has 23 heavy (non-hydrogen) atoms. The number of benzene rings is 1. The standard InChI is InChI=1S/C19H25NO3/c1-23-18(22)19(9-10-19)17(21)13-15-7-11-20(12-8-15)14-16-5-3-2-4-6-16/h2-6,15H,7-14H2,1H3. The van der Waals surface area contributed by atoms with E-state index in [4.69, 9.17) is 4.74 Å². The average Bonchev–Trinajstić information content (AvgIpc) is 3.39. The third-order valence-electron chi connectivity index (χ3n) is 5.29. The Kier molecular flexibility index (Phi) is 4.81. The van der Waals surface area contributed by atoms with Gasteiger partial charge in [0.25, 0.3) is 0 Å². The van der Waals surface area contributed by atoms with Gasteiger partial charge in [0.2, 0.25) is 0 Å². The van der Waals surface area contributed by atoms with Crippen LogP contribution in [0.5, 0.6) is 0 Å². The average molecular weight is 315 g/mol. The molecule has 0 spiro atoms. The van der Waals surface area contributed by atoms with Crippen LogP contribution < -0.4 is 0 Å². The van der Waals surface area contributed by atoms with Crippen LogP contribution in [0.4, 0.5) is 0 Å². The number of methoxy groups -OCH3 is 1. The van der Waals surface area contributed by atoms with Crippen molar-refractivity contribution in [2.45, 2.75) is 38.6 Å². The Morgan fingerprint density at radius 3 is 2.39 bits per heavy atom. The Labute approximate surface area is 137 Å². The molecule has 0 bridgehead atoms. The molecule has 4 nitrogen and oxygen atoms in total. The van der Waals surface area contributed by atoms with E-state index >= 15 is 0 Å². The Morgan fingerprint density at radius 2 is 1.83 bits per heavy atom. The third kappa shape index (κ3) is 3.63. The Morgan fingerprint density at radius 1 is 1.17 bits per heavy atom. The summed E-state index contributed by atoms with van der Waals surface area (Å²) in [6.45, 7) is 3.03. The lowest BCUT2D eigenvalue weighted by atomic mass is 9.86. The topological polar surface area (TPSA) is 46.6 Å². The van der Waals surface area contributed by atoms with Crippen molar-refractivity contribution in [1.29, 1.82) is 0 Å². The summed E-state index contributed by atoms with van der Waals surface area (Å²) in [5.74, 6) is 0.187. The van der Waals surface area contributed by atoms with E-state index in [9.17, 15) is 9.59 Å².